The Morgan fingerprint density at radius 1 is 1.55 bits per heavy atom. The summed E-state index contributed by atoms with van der Waals surface area (Å²) in [4.78, 5) is 0. The van der Waals surface area contributed by atoms with E-state index in [-0.39, 0.29) is 6.04 Å². The van der Waals surface area contributed by atoms with Gasteiger partial charge in [0.25, 0.3) is 0 Å². The van der Waals surface area contributed by atoms with Crippen LogP contribution in [0.3, 0.4) is 0 Å². The fourth-order valence-corrected chi connectivity index (χ4v) is 3.67. The van der Waals surface area contributed by atoms with Crippen LogP contribution < -0.4 is 10.0 Å². The molecule has 11 heavy (non-hydrogen) atoms. The number of rotatable bonds is 0. The molecule has 2 rings (SSSR count). The van der Waals surface area contributed by atoms with E-state index in [0.29, 0.717) is 10.6 Å². The third-order valence-electron chi connectivity index (χ3n) is 1.89. The van der Waals surface area contributed by atoms with Crippen LogP contribution in [0.1, 0.15) is 6.42 Å². The Kier molecular flexibility index (Phi) is 2.28. The van der Waals surface area contributed by atoms with Gasteiger partial charge in [-0.15, -0.1) is 11.8 Å². The number of nitriles is 1. The van der Waals surface area contributed by atoms with Gasteiger partial charge in [0.2, 0.25) is 0 Å². The smallest absolute Gasteiger partial charge is 0.106 e. The molecule has 0 aromatic heterocycles. The zero-order valence-electron chi connectivity index (χ0n) is 5.91. The summed E-state index contributed by atoms with van der Waals surface area (Å²) in [6.07, 6.45) is 0.946. The average molecular weight is 187 g/mol. The highest BCUT2D eigenvalue weighted by atomic mass is 32.2. The minimum Gasteiger partial charge on any atom is -0.303 e. The summed E-state index contributed by atoms with van der Waals surface area (Å²) in [6, 6.07) is 2.81. The molecule has 2 N–H and O–H groups in total. The first-order valence-electron chi connectivity index (χ1n) is 3.56. The van der Waals surface area contributed by atoms with Crippen molar-refractivity contribution in [1.29, 1.82) is 5.26 Å². The van der Waals surface area contributed by atoms with E-state index in [1.165, 1.54) is 0 Å². The molecule has 0 spiro atoms. The van der Waals surface area contributed by atoms with Crippen molar-refractivity contribution in [3.05, 3.63) is 0 Å². The van der Waals surface area contributed by atoms with Crippen LogP contribution >= 0.6 is 23.7 Å². The number of nitrogens with zero attached hydrogens (tertiary/aromatic N) is 1. The second kappa shape index (κ2) is 3.23. The number of hydrogen-bond acceptors (Lipinski definition) is 5. The number of fused-ring (bicyclic) bond motifs is 1. The largest absolute Gasteiger partial charge is 0.303 e. The van der Waals surface area contributed by atoms with Gasteiger partial charge in [-0.25, -0.2) is 4.72 Å². The van der Waals surface area contributed by atoms with E-state index in [2.05, 4.69) is 16.1 Å². The van der Waals surface area contributed by atoms with Gasteiger partial charge in [-0.2, -0.15) is 5.26 Å². The molecule has 0 aromatic rings. The van der Waals surface area contributed by atoms with Crippen LogP contribution in [-0.2, 0) is 0 Å². The lowest BCUT2D eigenvalue weighted by Crippen LogP contribution is -2.42. The molecule has 60 valence electrons. The number of hydrogen-bond donors (Lipinski definition) is 2. The molecule has 0 radical (unpaired) electrons. The van der Waals surface area contributed by atoms with Gasteiger partial charge in [-0.1, -0.05) is 11.9 Å². The van der Waals surface area contributed by atoms with Crippen LogP contribution in [0.15, 0.2) is 0 Å². The van der Waals surface area contributed by atoms with E-state index in [4.69, 9.17) is 5.26 Å². The number of thioether (sulfide) groups is 1. The summed E-state index contributed by atoms with van der Waals surface area (Å²) < 4.78 is 3.75. The average Bonchev–Trinajstić information content (AvgIpc) is 2.50. The Morgan fingerprint density at radius 2 is 2.45 bits per heavy atom. The van der Waals surface area contributed by atoms with Crippen molar-refractivity contribution in [3.63, 3.8) is 0 Å². The molecule has 0 saturated carbocycles. The van der Waals surface area contributed by atoms with E-state index in [9.17, 15) is 0 Å². The lowest BCUT2D eigenvalue weighted by molar-refractivity contribution is 0.512. The van der Waals surface area contributed by atoms with Crippen molar-refractivity contribution in [2.45, 2.75) is 23.1 Å². The Hall–Kier alpha value is 0.110. The summed E-state index contributed by atoms with van der Waals surface area (Å²) in [6.45, 7) is 0. The first-order chi connectivity index (χ1) is 5.40. The van der Waals surface area contributed by atoms with E-state index < -0.39 is 0 Å². The zero-order chi connectivity index (χ0) is 7.68. The molecule has 2 saturated heterocycles. The van der Waals surface area contributed by atoms with Gasteiger partial charge < -0.3 is 5.32 Å². The molecule has 3 nitrogen and oxygen atoms in total. The molecule has 0 amide bonds. The van der Waals surface area contributed by atoms with E-state index in [1.54, 1.807) is 11.9 Å². The highest BCUT2D eigenvalue weighted by Gasteiger charge is 2.34. The van der Waals surface area contributed by atoms with Gasteiger partial charge in [-0.3, -0.25) is 0 Å². The minimum atomic E-state index is 0.0347. The Labute approximate surface area is 74.4 Å². The van der Waals surface area contributed by atoms with Crippen LogP contribution in [-0.4, -0.2) is 22.5 Å². The lowest BCUT2D eigenvalue weighted by Gasteiger charge is -2.27. The monoisotopic (exact) mass is 187 g/mol. The van der Waals surface area contributed by atoms with Gasteiger partial charge in [0.05, 0.1) is 10.7 Å². The van der Waals surface area contributed by atoms with Gasteiger partial charge in [-0.05, 0) is 6.42 Å². The predicted octanol–water partition coefficient (Wildman–Crippen LogP) is 0.509. The van der Waals surface area contributed by atoms with Gasteiger partial charge >= 0.3 is 0 Å². The summed E-state index contributed by atoms with van der Waals surface area (Å²) in [5.41, 5.74) is 0. The normalized spacial score (nSPS) is 43.0. The lowest BCUT2D eigenvalue weighted by atomic mass is 10.1. The molecule has 5 heteroatoms. The summed E-state index contributed by atoms with van der Waals surface area (Å²) in [5.74, 6) is 1.03. The topological polar surface area (TPSA) is 47.9 Å². The van der Waals surface area contributed by atoms with Crippen LogP contribution in [0.25, 0.3) is 0 Å². The van der Waals surface area contributed by atoms with E-state index in [1.807, 2.05) is 11.8 Å². The third kappa shape index (κ3) is 1.49. The standard InChI is InChI=1S/C6H9N3S2/c7-2-4-1-5-6(11-9-4)10-3-8-5/h4-6,8-9H,1,3H2. The third-order valence-corrected chi connectivity index (χ3v) is 4.56. The quantitative estimate of drug-likeness (QED) is 0.541. The minimum absolute atomic E-state index is 0.0347. The molecule has 2 aliphatic heterocycles. The molecule has 2 aliphatic rings. The number of nitrogens with one attached hydrogen (secondary N) is 2. The SMILES string of the molecule is N#CC1CC2NCSC2SN1. The van der Waals surface area contributed by atoms with Crippen LogP contribution in [0.2, 0.25) is 0 Å². The first kappa shape index (κ1) is 7.74. The second-order valence-corrected chi connectivity index (χ2v) is 5.05. The highest BCUT2D eigenvalue weighted by molar-refractivity contribution is 8.16. The first-order valence-corrected chi connectivity index (χ1v) is 5.49. The predicted molar refractivity (Wildman–Crippen MR) is 47.9 cm³/mol. The fraction of sp³-hybridized carbons (Fsp3) is 0.833. The zero-order valence-corrected chi connectivity index (χ0v) is 7.54. The molecule has 2 fully saturated rings. The van der Waals surface area contributed by atoms with Crippen molar-refractivity contribution in [2.75, 3.05) is 5.88 Å². The van der Waals surface area contributed by atoms with Crippen molar-refractivity contribution in [3.8, 4) is 6.07 Å². The molecular weight excluding hydrogens is 178 g/mol. The van der Waals surface area contributed by atoms with Crippen LogP contribution in [0, 0.1) is 11.3 Å². The van der Waals surface area contributed by atoms with Gasteiger partial charge in [0.1, 0.15) is 6.04 Å². The van der Waals surface area contributed by atoms with Crippen LogP contribution in [0.4, 0.5) is 0 Å². The van der Waals surface area contributed by atoms with Crippen molar-refractivity contribution >= 4 is 23.7 Å². The molecule has 3 atom stereocenters. The van der Waals surface area contributed by atoms with E-state index >= 15 is 0 Å². The molecule has 3 unspecified atom stereocenters. The maximum absolute atomic E-state index is 8.65. The van der Waals surface area contributed by atoms with Crippen molar-refractivity contribution in [2.24, 2.45) is 0 Å². The molecule has 0 bridgehead atoms. The second-order valence-electron chi connectivity index (χ2n) is 2.64. The maximum atomic E-state index is 8.65. The Balaban J connectivity index is 1.97. The molecular formula is C6H9N3S2. The van der Waals surface area contributed by atoms with Crippen molar-refractivity contribution in [1.82, 2.24) is 10.0 Å². The maximum Gasteiger partial charge on any atom is 0.106 e. The highest BCUT2D eigenvalue weighted by Crippen LogP contribution is 2.35. The summed E-state index contributed by atoms with van der Waals surface area (Å²) >= 11 is 3.61. The van der Waals surface area contributed by atoms with Gasteiger partial charge in [0, 0.05) is 11.9 Å². The molecule has 0 aliphatic carbocycles. The van der Waals surface area contributed by atoms with Crippen molar-refractivity contribution < 1.29 is 0 Å². The van der Waals surface area contributed by atoms with Crippen LogP contribution in [0.5, 0.6) is 0 Å². The summed E-state index contributed by atoms with van der Waals surface area (Å²) in [7, 11) is 0. The Bertz CT molecular complexity index is 191. The Morgan fingerprint density at radius 3 is 3.27 bits per heavy atom. The summed E-state index contributed by atoms with van der Waals surface area (Å²) in [5, 5.41) is 12.0. The fourth-order valence-electron chi connectivity index (χ4n) is 1.29. The van der Waals surface area contributed by atoms with E-state index in [0.717, 1.165) is 12.3 Å². The van der Waals surface area contributed by atoms with Gasteiger partial charge in [0.15, 0.2) is 0 Å². The molecule has 0 aromatic carbocycles. The molecule has 2 heterocycles.